The Morgan fingerprint density at radius 1 is 1.24 bits per heavy atom. The molecule has 1 aromatic rings. The zero-order valence-electron chi connectivity index (χ0n) is 25.5. The molecule has 0 aliphatic carbocycles. The minimum absolute atomic E-state index is 0.0372. The maximum absolute atomic E-state index is 14.8. The standard InChI is InChI=1S/C34H48N2O5S/c1-6-9-10-14-19-41-33(40)28-27-20-23(4)34(42-27)29(28)31(38)36(26(22-37)21-25-16-12-11-13-17-25)30(34)32(39)35(18-8-3)24(5)15-7-2/h6,8,11-13,16-17,23-24,26-30,37H,1,3,7,9-10,14-15,18-22H2,2,4-5H3/t23?,24?,26-,27-,28+,29+,30?,34?/m1/s1. The summed E-state index contributed by atoms with van der Waals surface area (Å²) >= 11 is 1.65. The number of unbranched alkanes of at least 4 members (excludes halogenated alkanes) is 2. The van der Waals surface area contributed by atoms with E-state index in [9.17, 15) is 19.5 Å². The molecule has 1 aromatic carbocycles. The third-order valence-corrected chi connectivity index (χ3v) is 11.6. The van der Waals surface area contributed by atoms with Gasteiger partial charge in [0.25, 0.3) is 0 Å². The summed E-state index contributed by atoms with van der Waals surface area (Å²) in [4.78, 5) is 46.5. The van der Waals surface area contributed by atoms with Crippen molar-refractivity contribution >= 4 is 29.5 Å². The Bertz CT molecular complexity index is 1130. The van der Waals surface area contributed by atoms with Crippen molar-refractivity contribution in [2.45, 2.75) is 93.8 Å². The number of rotatable bonds is 16. The molecule has 8 atom stereocenters. The lowest BCUT2D eigenvalue weighted by Gasteiger charge is -2.43. The molecule has 0 saturated carbocycles. The predicted molar refractivity (Wildman–Crippen MR) is 168 cm³/mol. The monoisotopic (exact) mass is 596 g/mol. The van der Waals surface area contributed by atoms with Gasteiger partial charge in [0.1, 0.15) is 6.04 Å². The zero-order valence-corrected chi connectivity index (χ0v) is 26.3. The van der Waals surface area contributed by atoms with Gasteiger partial charge in [0.15, 0.2) is 0 Å². The van der Waals surface area contributed by atoms with Gasteiger partial charge in [0, 0.05) is 17.8 Å². The summed E-state index contributed by atoms with van der Waals surface area (Å²) in [6.45, 7) is 14.3. The van der Waals surface area contributed by atoms with Crippen LogP contribution >= 0.6 is 11.8 Å². The van der Waals surface area contributed by atoms with E-state index in [4.69, 9.17) is 4.74 Å². The van der Waals surface area contributed by atoms with Crippen LogP contribution in [0, 0.1) is 17.8 Å². The number of benzene rings is 1. The van der Waals surface area contributed by atoms with E-state index in [1.165, 1.54) is 0 Å². The highest BCUT2D eigenvalue weighted by Gasteiger charge is 2.77. The Kier molecular flexibility index (Phi) is 11.0. The summed E-state index contributed by atoms with van der Waals surface area (Å²) < 4.78 is 5.00. The average molecular weight is 597 g/mol. The summed E-state index contributed by atoms with van der Waals surface area (Å²) in [5.74, 6) is -1.88. The Morgan fingerprint density at radius 3 is 2.62 bits per heavy atom. The molecule has 4 rings (SSSR count). The largest absolute Gasteiger partial charge is 0.465 e. The molecule has 230 valence electrons. The minimum atomic E-state index is -0.787. The number of amides is 2. The van der Waals surface area contributed by atoms with Gasteiger partial charge < -0.3 is 19.6 Å². The molecule has 4 unspecified atom stereocenters. The predicted octanol–water partition coefficient (Wildman–Crippen LogP) is 5.03. The van der Waals surface area contributed by atoms with Crippen molar-refractivity contribution in [3.05, 3.63) is 61.2 Å². The number of thioether (sulfide) groups is 1. The molecule has 7 nitrogen and oxygen atoms in total. The van der Waals surface area contributed by atoms with Crippen molar-refractivity contribution in [3.63, 3.8) is 0 Å². The smallest absolute Gasteiger partial charge is 0.310 e. The number of nitrogens with zero attached hydrogens (tertiary/aromatic N) is 2. The van der Waals surface area contributed by atoms with Crippen LogP contribution in [0.25, 0.3) is 0 Å². The number of fused-ring (bicyclic) bond motifs is 1. The first kappa shape index (κ1) is 32.3. The second-order valence-electron chi connectivity index (χ2n) is 12.2. The molecule has 42 heavy (non-hydrogen) atoms. The zero-order chi connectivity index (χ0) is 30.4. The Morgan fingerprint density at radius 2 is 1.98 bits per heavy atom. The second kappa shape index (κ2) is 14.3. The molecule has 0 radical (unpaired) electrons. The first-order valence-corrected chi connectivity index (χ1v) is 16.5. The molecule has 3 aliphatic rings. The number of allylic oxidation sites excluding steroid dienone is 1. The number of aliphatic hydroxyl groups excluding tert-OH is 1. The lowest BCUT2D eigenvalue weighted by Crippen LogP contribution is -2.60. The number of carbonyl (C=O) groups is 3. The second-order valence-corrected chi connectivity index (χ2v) is 13.7. The van der Waals surface area contributed by atoms with Gasteiger partial charge in [-0.15, -0.1) is 24.9 Å². The average Bonchev–Trinajstić information content (AvgIpc) is 3.58. The molecule has 3 aliphatic heterocycles. The van der Waals surface area contributed by atoms with Crippen molar-refractivity contribution < 1.29 is 24.2 Å². The van der Waals surface area contributed by atoms with Gasteiger partial charge in [0.2, 0.25) is 11.8 Å². The molecule has 2 amide bonds. The van der Waals surface area contributed by atoms with E-state index in [0.717, 1.165) is 44.1 Å². The van der Waals surface area contributed by atoms with Gasteiger partial charge in [-0.05, 0) is 56.9 Å². The number of hydrogen-bond donors (Lipinski definition) is 1. The highest BCUT2D eigenvalue weighted by Crippen LogP contribution is 2.69. The number of aliphatic hydroxyl groups is 1. The lowest BCUT2D eigenvalue weighted by atomic mass is 9.66. The van der Waals surface area contributed by atoms with Gasteiger partial charge in [-0.3, -0.25) is 14.4 Å². The fraction of sp³-hybridized carbons (Fsp3) is 0.618. The fourth-order valence-corrected chi connectivity index (χ4v) is 9.94. The number of carbonyl (C=O) groups excluding carboxylic acids is 3. The molecule has 2 bridgehead atoms. The first-order valence-electron chi connectivity index (χ1n) is 15.6. The van der Waals surface area contributed by atoms with Crippen molar-refractivity contribution in [2.75, 3.05) is 19.8 Å². The number of esters is 1. The summed E-state index contributed by atoms with van der Waals surface area (Å²) in [5, 5.41) is 10.6. The fourth-order valence-electron chi connectivity index (χ4n) is 7.55. The molecule has 1 spiro atoms. The van der Waals surface area contributed by atoms with Crippen LogP contribution in [0.3, 0.4) is 0 Å². The maximum Gasteiger partial charge on any atom is 0.310 e. The van der Waals surface area contributed by atoms with E-state index >= 15 is 0 Å². The normalized spacial score (nSPS) is 29.2. The molecule has 8 heteroatoms. The quantitative estimate of drug-likeness (QED) is 0.164. The first-order chi connectivity index (χ1) is 20.3. The van der Waals surface area contributed by atoms with E-state index < -0.39 is 28.7 Å². The van der Waals surface area contributed by atoms with Crippen LogP contribution < -0.4 is 0 Å². The summed E-state index contributed by atoms with van der Waals surface area (Å²) in [6.07, 6.45) is 9.00. The van der Waals surface area contributed by atoms with E-state index in [1.807, 2.05) is 48.2 Å². The van der Waals surface area contributed by atoms with Gasteiger partial charge in [-0.25, -0.2) is 0 Å². The van der Waals surface area contributed by atoms with E-state index in [-0.39, 0.29) is 41.6 Å². The Balaban J connectivity index is 1.74. The van der Waals surface area contributed by atoms with Crippen LogP contribution in [0.1, 0.15) is 64.9 Å². The number of hydrogen-bond acceptors (Lipinski definition) is 6. The molecule has 3 heterocycles. The third-order valence-electron chi connectivity index (χ3n) is 9.50. The van der Waals surface area contributed by atoms with Gasteiger partial charge >= 0.3 is 5.97 Å². The number of ether oxygens (including phenoxy) is 1. The van der Waals surface area contributed by atoms with Crippen LogP contribution in [0.2, 0.25) is 0 Å². The SMILES string of the molecule is C=CCCCCOC(=O)[C@@H]1[C@H]2C(=O)N([C@@H](CO)Cc3ccccc3)C(C(=O)N(CC=C)C(C)CCC)C23S[C@@H]1CC3C. The van der Waals surface area contributed by atoms with Gasteiger partial charge in [-0.1, -0.05) is 62.8 Å². The van der Waals surface area contributed by atoms with Crippen LogP contribution in [0.5, 0.6) is 0 Å². The molecular formula is C34H48N2O5S. The lowest BCUT2D eigenvalue weighted by molar-refractivity contribution is -0.155. The van der Waals surface area contributed by atoms with E-state index in [2.05, 4.69) is 27.0 Å². The van der Waals surface area contributed by atoms with Crippen molar-refractivity contribution in [1.82, 2.24) is 9.80 Å². The van der Waals surface area contributed by atoms with Crippen molar-refractivity contribution in [2.24, 2.45) is 17.8 Å². The maximum atomic E-state index is 14.8. The molecule has 0 aromatic heterocycles. The van der Waals surface area contributed by atoms with Gasteiger partial charge in [0.05, 0.1) is 35.8 Å². The summed E-state index contributed by atoms with van der Waals surface area (Å²) in [5.41, 5.74) is 0.980. The van der Waals surface area contributed by atoms with E-state index in [0.29, 0.717) is 19.6 Å². The van der Waals surface area contributed by atoms with Crippen LogP contribution in [-0.4, -0.2) is 80.6 Å². The number of likely N-dealkylation sites (tertiary alicyclic amines) is 1. The van der Waals surface area contributed by atoms with Crippen molar-refractivity contribution in [3.8, 4) is 0 Å². The Labute approximate surface area is 255 Å². The summed E-state index contributed by atoms with van der Waals surface area (Å²) in [7, 11) is 0. The van der Waals surface area contributed by atoms with Crippen LogP contribution in [0.4, 0.5) is 0 Å². The molecule has 3 fully saturated rings. The van der Waals surface area contributed by atoms with Crippen LogP contribution in [0.15, 0.2) is 55.6 Å². The Hall–Kier alpha value is -2.58. The molecule has 3 saturated heterocycles. The van der Waals surface area contributed by atoms with Gasteiger partial charge in [-0.2, -0.15) is 0 Å². The topological polar surface area (TPSA) is 87.1 Å². The van der Waals surface area contributed by atoms with Crippen LogP contribution in [-0.2, 0) is 25.5 Å². The molecular weight excluding hydrogens is 548 g/mol. The molecule has 1 N–H and O–H groups in total. The highest BCUT2D eigenvalue weighted by molar-refractivity contribution is 8.02. The third kappa shape index (κ3) is 5.94. The highest BCUT2D eigenvalue weighted by atomic mass is 32.2. The van der Waals surface area contributed by atoms with E-state index in [1.54, 1.807) is 22.7 Å². The summed E-state index contributed by atoms with van der Waals surface area (Å²) in [6, 6.07) is 8.33. The van der Waals surface area contributed by atoms with Crippen molar-refractivity contribution in [1.29, 1.82) is 0 Å². The minimum Gasteiger partial charge on any atom is -0.465 e.